The van der Waals surface area contributed by atoms with Crippen molar-refractivity contribution in [1.29, 1.82) is 0 Å². The van der Waals surface area contributed by atoms with Crippen LogP contribution in [-0.2, 0) is 22.4 Å². The van der Waals surface area contributed by atoms with E-state index in [1.165, 1.54) is 0 Å². The zero-order valence-corrected chi connectivity index (χ0v) is 12.6. The summed E-state index contributed by atoms with van der Waals surface area (Å²) in [4.78, 5) is 22.9. The number of alkyl halides is 3. The molecule has 0 unspecified atom stereocenters. The lowest BCUT2D eigenvalue weighted by Gasteiger charge is -2.14. The number of hydrogen-bond acceptors (Lipinski definition) is 3. The molecule has 0 saturated carbocycles. The van der Waals surface area contributed by atoms with Crippen LogP contribution in [0.25, 0.3) is 0 Å². The number of aryl methyl sites for hydroxylation is 1. The van der Waals surface area contributed by atoms with E-state index in [1.54, 1.807) is 6.92 Å². The monoisotopic (exact) mass is 314 g/mol. The van der Waals surface area contributed by atoms with E-state index in [-0.39, 0.29) is 24.7 Å². The Morgan fingerprint density at radius 1 is 1.36 bits per heavy atom. The smallest absolute Gasteiger partial charge is 0.459 e. The fourth-order valence-electron chi connectivity index (χ4n) is 2.99. The van der Waals surface area contributed by atoms with E-state index < -0.39 is 12.1 Å². The zero-order chi connectivity index (χ0) is 16.7. The van der Waals surface area contributed by atoms with Gasteiger partial charge in [-0.1, -0.05) is 13.0 Å². The highest BCUT2D eigenvalue weighted by Crippen LogP contribution is 2.33. The molecule has 0 amide bonds. The molecule has 0 fully saturated rings. The quantitative estimate of drug-likeness (QED) is 0.804. The number of rotatable bonds is 3. The van der Waals surface area contributed by atoms with Crippen LogP contribution in [0.1, 0.15) is 39.5 Å². The molecule has 0 heterocycles. The molecule has 120 valence electrons. The van der Waals surface area contributed by atoms with Gasteiger partial charge in [-0.3, -0.25) is 4.79 Å². The molecule has 1 aromatic rings. The Labute approximate surface area is 126 Å². The van der Waals surface area contributed by atoms with Crippen LogP contribution in [0.3, 0.4) is 0 Å². The highest BCUT2D eigenvalue weighted by atomic mass is 19.4. The lowest BCUT2D eigenvalue weighted by atomic mass is 9.92. The van der Waals surface area contributed by atoms with Gasteiger partial charge in [-0.05, 0) is 42.5 Å². The third kappa shape index (κ3) is 3.00. The molecular weight excluding hydrogens is 297 g/mol. The number of ketones is 1. The highest BCUT2D eigenvalue weighted by molar-refractivity contribution is 6.03. The van der Waals surface area contributed by atoms with E-state index in [0.717, 1.165) is 22.3 Å². The molecule has 22 heavy (non-hydrogen) atoms. The average molecular weight is 314 g/mol. The number of Topliss-reactive ketones (excluding diaryl/α,β-unsaturated/α-hetero) is 1. The van der Waals surface area contributed by atoms with Gasteiger partial charge in [0.1, 0.15) is 0 Å². The van der Waals surface area contributed by atoms with Gasteiger partial charge < -0.3 is 4.74 Å². The van der Waals surface area contributed by atoms with Crippen molar-refractivity contribution in [2.75, 3.05) is 6.61 Å². The molecule has 1 aliphatic rings. The van der Waals surface area contributed by atoms with Gasteiger partial charge in [0.2, 0.25) is 0 Å². The first-order valence-electron chi connectivity index (χ1n) is 7.03. The molecule has 0 radical (unpaired) electrons. The Bertz CT molecular complexity index is 633. The van der Waals surface area contributed by atoms with Crippen LogP contribution < -0.4 is 0 Å². The summed E-state index contributed by atoms with van der Waals surface area (Å²) in [6.07, 6.45) is -4.12. The second-order valence-electron chi connectivity index (χ2n) is 5.68. The van der Waals surface area contributed by atoms with Gasteiger partial charge in [0, 0.05) is 17.9 Å². The number of carbonyl (C=O) groups excluding carboxylic acids is 2. The molecule has 2 rings (SSSR count). The van der Waals surface area contributed by atoms with Crippen molar-refractivity contribution < 1.29 is 27.5 Å². The van der Waals surface area contributed by atoms with E-state index in [0.29, 0.717) is 12.0 Å². The van der Waals surface area contributed by atoms with Crippen molar-refractivity contribution in [1.82, 2.24) is 0 Å². The summed E-state index contributed by atoms with van der Waals surface area (Å²) in [7, 11) is 0. The molecule has 1 aromatic carbocycles. The molecule has 6 heteroatoms. The van der Waals surface area contributed by atoms with Gasteiger partial charge in [0.05, 0.1) is 6.61 Å². The van der Waals surface area contributed by atoms with Crippen molar-refractivity contribution in [3.63, 3.8) is 0 Å². The number of fused-ring (bicyclic) bond motifs is 1. The number of ether oxygens (including phenoxy) is 1. The molecule has 0 N–H and O–H groups in total. The van der Waals surface area contributed by atoms with Gasteiger partial charge in [-0.15, -0.1) is 0 Å². The largest absolute Gasteiger partial charge is 0.490 e. The van der Waals surface area contributed by atoms with E-state index in [9.17, 15) is 22.8 Å². The van der Waals surface area contributed by atoms with Crippen molar-refractivity contribution in [3.05, 3.63) is 33.9 Å². The first-order valence-corrected chi connectivity index (χ1v) is 7.03. The second kappa shape index (κ2) is 5.74. The third-order valence-corrected chi connectivity index (χ3v) is 4.05. The Kier molecular flexibility index (Phi) is 4.31. The molecule has 1 aliphatic carbocycles. The maximum atomic E-state index is 12.2. The van der Waals surface area contributed by atoms with Gasteiger partial charge in [-0.2, -0.15) is 13.2 Å². The van der Waals surface area contributed by atoms with Gasteiger partial charge >= 0.3 is 12.1 Å². The van der Waals surface area contributed by atoms with E-state index in [4.69, 9.17) is 0 Å². The van der Waals surface area contributed by atoms with Crippen LogP contribution in [0, 0.1) is 19.8 Å². The minimum Gasteiger partial charge on any atom is -0.459 e. The van der Waals surface area contributed by atoms with Gasteiger partial charge in [0.25, 0.3) is 0 Å². The van der Waals surface area contributed by atoms with Crippen molar-refractivity contribution in [3.8, 4) is 0 Å². The molecule has 3 nitrogen and oxygen atoms in total. The number of hydrogen-bond donors (Lipinski definition) is 0. The number of esters is 1. The predicted molar refractivity (Wildman–Crippen MR) is 73.8 cm³/mol. The van der Waals surface area contributed by atoms with E-state index >= 15 is 0 Å². The summed E-state index contributed by atoms with van der Waals surface area (Å²) in [5.74, 6) is -2.18. The summed E-state index contributed by atoms with van der Waals surface area (Å²) in [6.45, 7) is 5.15. The molecule has 0 aromatic heterocycles. The van der Waals surface area contributed by atoms with Gasteiger partial charge in [0.15, 0.2) is 5.78 Å². The lowest BCUT2D eigenvalue weighted by Crippen LogP contribution is -2.26. The minimum atomic E-state index is -4.98. The summed E-state index contributed by atoms with van der Waals surface area (Å²) in [5, 5.41) is 0. The van der Waals surface area contributed by atoms with Gasteiger partial charge in [-0.25, -0.2) is 4.79 Å². The van der Waals surface area contributed by atoms with E-state index in [2.05, 4.69) is 4.74 Å². The summed E-state index contributed by atoms with van der Waals surface area (Å²) < 4.78 is 40.5. The molecule has 0 bridgehead atoms. The Hall–Kier alpha value is -1.85. The molecule has 1 atom stereocenters. The summed E-state index contributed by atoms with van der Waals surface area (Å²) in [5.41, 5.74) is 4.13. The lowest BCUT2D eigenvalue weighted by molar-refractivity contribution is -0.199. The number of halogens is 3. The van der Waals surface area contributed by atoms with Crippen LogP contribution in [0.2, 0.25) is 0 Å². The summed E-state index contributed by atoms with van der Waals surface area (Å²) in [6, 6.07) is 1.91. The SMILES string of the molecule is Cc1cc2c(c(C)c1CCOC(=O)C(F)(F)F)C(=O)[C@H](C)C2. The number of benzene rings is 1. The van der Waals surface area contributed by atoms with Crippen LogP contribution in [0.5, 0.6) is 0 Å². The van der Waals surface area contributed by atoms with Crippen LogP contribution in [0.15, 0.2) is 6.07 Å². The van der Waals surface area contributed by atoms with Crippen molar-refractivity contribution in [2.24, 2.45) is 5.92 Å². The topological polar surface area (TPSA) is 43.4 Å². The fraction of sp³-hybridized carbons (Fsp3) is 0.500. The normalized spacial score (nSPS) is 17.5. The van der Waals surface area contributed by atoms with Crippen molar-refractivity contribution in [2.45, 2.75) is 39.8 Å². The standard InChI is InChI=1S/C16H17F3O3/c1-8-6-11-7-9(2)14(20)13(11)10(3)12(8)4-5-22-15(21)16(17,18)19/h6,9H,4-5,7H2,1-3H3/t9-/m1/s1. The molecule has 0 spiro atoms. The predicted octanol–water partition coefficient (Wildman–Crippen LogP) is 3.33. The van der Waals surface area contributed by atoms with Crippen LogP contribution >= 0.6 is 0 Å². The minimum absolute atomic E-state index is 0.0635. The van der Waals surface area contributed by atoms with E-state index in [1.807, 2.05) is 19.9 Å². The molecule has 0 aliphatic heterocycles. The fourth-order valence-corrected chi connectivity index (χ4v) is 2.99. The van der Waals surface area contributed by atoms with Crippen LogP contribution in [-0.4, -0.2) is 24.5 Å². The Balaban J connectivity index is 2.17. The third-order valence-electron chi connectivity index (χ3n) is 4.05. The van der Waals surface area contributed by atoms with Crippen LogP contribution in [0.4, 0.5) is 13.2 Å². The first kappa shape index (κ1) is 16.5. The molecular formula is C16H17F3O3. The number of carbonyl (C=O) groups is 2. The second-order valence-corrected chi connectivity index (χ2v) is 5.68. The molecule has 0 saturated heterocycles. The average Bonchev–Trinajstić information content (AvgIpc) is 2.67. The van der Waals surface area contributed by atoms with Crippen molar-refractivity contribution >= 4 is 11.8 Å². The maximum Gasteiger partial charge on any atom is 0.490 e. The Morgan fingerprint density at radius 3 is 2.59 bits per heavy atom. The first-order chi connectivity index (χ1) is 10.1. The zero-order valence-electron chi connectivity index (χ0n) is 12.6. The highest BCUT2D eigenvalue weighted by Gasteiger charge is 2.40. The maximum absolute atomic E-state index is 12.2. The summed E-state index contributed by atoms with van der Waals surface area (Å²) >= 11 is 0. The Morgan fingerprint density at radius 2 is 2.00 bits per heavy atom.